The lowest BCUT2D eigenvalue weighted by atomic mass is 9.87. The molecule has 2 aromatic heterocycles. The Bertz CT molecular complexity index is 1740. The van der Waals surface area contributed by atoms with Gasteiger partial charge in [-0.15, -0.1) is 0 Å². The van der Waals surface area contributed by atoms with Gasteiger partial charge in [0.25, 0.3) is 0 Å². The average molecular weight is 444 g/mol. The van der Waals surface area contributed by atoms with E-state index in [0.717, 1.165) is 28.5 Å². The van der Waals surface area contributed by atoms with E-state index in [1.54, 1.807) is 0 Å². The van der Waals surface area contributed by atoms with Crippen molar-refractivity contribution in [2.24, 2.45) is 5.92 Å². The maximum Gasteiger partial charge on any atom is 0.227 e. The predicted octanol–water partition coefficient (Wildman–Crippen LogP) is 9.08. The number of pyridine rings is 1. The largest absolute Gasteiger partial charge is 0.437 e. The summed E-state index contributed by atoms with van der Waals surface area (Å²) < 4.78 is 6.54. The summed E-state index contributed by atoms with van der Waals surface area (Å²) in [4.78, 5) is 4.73. The van der Waals surface area contributed by atoms with Crippen molar-refractivity contribution < 1.29 is 4.42 Å². The second-order valence-electron chi connectivity index (χ2n) is 10.0. The molecule has 0 radical (unpaired) electrons. The van der Waals surface area contributed by atoms with Crippen LogP contribution in [0.15, 0.2) is 71.1 Å². The van der Waals surface area contributed by atoms with Gasteiger partial charge in [-0.05, 0) is 89.0 Å². The van der Waals surface area contributed by atoms with E-state index in [9.17, 15) is 0 Å². The van der Waals surface area contributed by atoms with E-state index in [2.05, 4.69) is 94.4 Å². The molecular formula is C32H29NO. The average Bonchev–Trinajstić information content (AvgIpc) is 3.19. The van der Waals surface area contributed by atoms with Gasteiger partial charge in [-0.3, -0.25) is 0 Å². The summed E-state index contributed by atoms with van der Waals surface area (Å²) in [5.74, 6) is 0.624. The van der Waals surface area contributed by atoms with Gasteiger partial charge in [0.05, 0.1) is 0 Å². The fourth-order valence-corrected chi connectivity index (χ4v) is 5.63. The third-order valence-electron chi connectivity index (χ3n) is 7.22. The molecule has 0 saturated carbocycles. The van der Waals surface area contributed by atoms with Crippen molar-refractivity contribution in [3.8, 4) is 11.1 Å². The molecule has 0 fully saturated rings. The molecule has 6 rings (SSSR count). The molecule has 0 unspecified atom stereocenters. The fourth-order valence-electron chi connectivity index (χ4n) is 5.63. The number of fused-ring (bicyclic) bond motifs is 6. The minimum atomic E-state index is 0.624. The lowest BCUT2D eigenvalue weighted by molar-refractivity contribution is 0.650. The van der Waals surface area contributed by atoms with Crippen molar-refractivity contribution in [2.75, 3.05) is 0 Å². The molecule has 0 bridgehead atoms. The second kappa shape index (κ2) is 7.70. The van der Waals surface area contributed by atoms with E-state index in [-0.39, 0.29) is 0 Å². The van der Waals surface area contributed by atoms with E-state index >= 15 is 0 Å². The summed E-state index contributed by atoms with van der Waals surface area (Å²) in [5.41, 5.74) is 9.00. The van der Waals surface area contributed by atoms with Crippen LogP contribution in [-0.4, -0.2) is 4.98 Å². The van der Waals surface area contributed by atoms with Gasteiger partial charge < -0.3 is 4.42 Å². The summed E-state index contributed by atoms with van der Waals surface area (Å²) in [6, 6.07) is 24.2. The van der Waals surface area contributed by atoms with E-state index in [1.807, 2.05) is 6.92 Å². The zero-order chi connectivity index (χ0) is 23.6. The number of hydrogen-bond donors (Lipinski definition) is 0. The van der Waals surface area contributed by atoms with Crippen molar-refractivity contribution in [1.29, 1.82) is 0 Å². The van der Waals surface area contributed by atoms with Crippen LogP contribution in [0.3, 0.4) is 0 Å². The topological polar surface area (TPSA) is 26.0 Å². The first-order chi connectivity index (χ1) is 16.4. The smallest absolute Gasteiger partial charge is 0.227 e. The van der Waals surface area contributed by atoms with Gasteiger partial charge in [-0.1, -0.05) is 68.4 Å². The molecular weight excluding hydrogens is 414 g/mol. The summed E-state index contributed by atoms with van der Waals surface area (Å²) in [6.07, 6.45) is 1.09. The van der Waals surface area contributed by atoms with E-state index in [0.29, 0.717) is 11.6 Å². The summed E-state index contributed by atoms with van der Waals surface area (Å²) in [7, 11) is 0. The Morgan fingerprint density at radius 2 is 1.41 bits per heavy atom. The summed E-state index contributed by atoms with van der Waals surface area (Å²) >= 11 is 0. The molecule has 0 aliphatic rings. The van der Waals surface area contributed by atoms with Gasteiger partial charge in [0.2, 0.25) is 5.71 Å². The molecule has 0 spiro atoms. The highest BCUT2D eigenvalue weighted by Gasteiger charge is 2.21. The number of hydrogen-bond acceptors (Lipinski definition) is 2. The fraction of sp³-hybridized carbons (Fsp3) is 0.219. The third kappa shape index (κ3) is 3.05. The molecule has 0 N–H and O–H groups in total. The summed E-state index contributed by atoms with van der Waals surface area (Å²) in [6.45, 7) is 11.1. The van der Waals surface area contributed by atoms with Crippen LogP contribution in [0.5, 0.6) is 0 Å². The molecule has 2 nitrogen and oxygen atoms in total. The van der Waals surface area contributed by atoms with Crippen LogP contribution in [-0.2, 0) is 6.42 Å². The first-order valence-corrected chi connectivity index (χ1v) is 12.2. The first kappa shape index (κ1) is 20.9. The Hall–Kier alpha value is -3.65. The van der Waals surface area contributed by atoms with E-state index in [4.69, 9.17) is 9.40 Å². The monoisotopic (exact) mass is 443 g/mol. The molecule has 168 valence electrons. The van der Waals surface area contributed by atoms with Crippen LogP contribution in [0.25, 0.3) is 54.7 Å². The Morgan fingerprint density at radius 3 is 2.21 bits per heavy atom. The lowest BCUT2D eigenvalue weighted by Gasteiger charge is -2.17. The number of aromatic nitrogens is 1. The van der Waals surface area contributed by atoms with Gasteiger partial charge in [0.1, 0.15) is 5.58 Å². The van der Waals surface area contributed by atoms with E-state index in [1.165, 1.54) is 49.4 Å². The molecule has 0 aliphatic heterocycles. The Labute approximate surface area is 200 Å². The molecule has 4 aromatic carbocycles. The highest BCUT2D eigenvalue weighted by Crippen LogP contribution is 2.45. The van der Waals surface area contributed by atoms with Crippen molar-refractivity contribution in [3.63, 3.8) is 0 Å². The zero-order valence-electron chi connectivity index (χ0n) is 20.5. The molecule has 0 aliphatic carbocycles. The SMILES string of the molecule is Cc1ccc2c(n1)oc1c(-c3ccc4c(CC(C)C)cccc4c3C)c(C)c3ccccc3c12. The number of furan rings is 1. The van der Waals surface area contributed by atoms with Crippen molar-refractivity contribution >= 4 is 43.6 Å². The highest BCUT2D eigenvalue weighted by molar-refractivity contribution is 6.23. The minimum absolute atomic E-state index is 0.624. The Morgan fingerprint density at radius 1 is 0.706 bits per heavy atom. The van der Waals surface area contributed by atoms with E-state index < -0.39 is 0 Å². The van der Waals surface area contributed by atoms with Crippen molar-refractivity contribution in [1.82, 2.24) is 4.98 Å². The van der Waals surface area contributed by atoms with Gasteiger partial charge in [0.15, 0.2) is 0 Å². The van der Waals surface area contributed by atoms with Crippen LogP contribution in [0.4, 0.5) is 0 Å². The molecule has 0 amide bonds. The highest BCUT2D eigenvalue weighted by atomic mass is 16.3. The maximum absolute atomic E-state index is 6.54. The number of aryl methyl sites for hydroxylation is 3. The van der Waals surface area contributed by atoms with Crippen LogP contribution in [0.1, 0.15) is 36.2 Å². The molecule has 2 heteroatoms. The second-order valence-corrected chi connectivity index (χ2v) is 10.0. The van der Waals surface area contributed by atoms with Gasteiger partial charge in [-0.25, -0.2) is 4.98 Å². The quantitative estimate of drug-likeness (QED) is 0.273. The Kier molecular flexibility index (Phi) is 4.74. The summed E-state index contributed by atoms with van der Waals surface area (Å²) in [5, 5.41) is 7.40. The zero-order valence-corrected chi connectivity index (χ0v) is 20.5. The molecule has 6 aromatic rings. The minimum Gasteiger partial charge on any atom is -0.437 e. The third-order valence-corrected chi connectivity index (χ3v) is 7.22. The van der Waals surface area contributed by atoms with Crippen LogP contribution >= 0.6 is 0 Å². The molecule has 2 heterocycles. The number of nitrogens with zero attached hydrogens (tertiary/aromatic N) is 1. The number of benzene rings is 4. The van der Waals surface area contributed by atoms with Crippen LogP contribution in [0, 0.1) is 26.7 Å². The van der Waals surface area contributed by atoms with Crippen molar-refractivity contribution in [2.45, 2.75) is 41.0 Å². The van der Waals surface area contributed by atoms with Crippen LogP contribution < -0.4 is 0 Å². The van der Waals surface area contributed by atoms with Gasteiger partial charge in [-0.2, -0.15) is 0 Å². The normalized spacial score (nSPS) is 12.1. The number of rotatable bonds is 3. The standard InChI is InChI=1S/C32H29NO/c1-18(2)17-22-9-8-12-23-20(4)25(15-16-26(22)23)29-21(5)24-10-6-7-11-27(24)30-28-14-13-19(3)33-32(28)34-31(29)30/h6-16,18H,17H2,1-5H3. The Balaban J connectivity index is 1.74. The van der Waals surface area contributed by atoms with Crippen molar-refractivity contribution in [3.05, 3.63) is 89.1 Å². The van der Waals surface area contributed by atoms with Crippen LogP contribution in [0.2, 0.25) is 0 Å². The molecule has 0 atom stereocenters. The predicted molar refractivity (Wildman–Crippen MR) is 145 cm³/mol. The maximum atomic E-state index is 6.54. The van der Waals surface area contributed by atoms with Gasteiger partial charge in [0, 0.05) is 22.0 Å². The molecule has 0 saturated heterocycles. The molecule has 34 heavy (non-hydrogen) atoms. The van der Waals surface area contributed by atoms with Gasteiger partial charge >= 0.3 is 0 Å². The lowest BCUT2D eigenvalue weighted by Crippen LogP contribution is -1.97. The first-order valence-electron chi connectivity index (χ1n) is 12.2.